The van der Waals surface area contributed by atoms with Crippen molar-refractivity contribution in [2.45, 2.75) is 27.7 Å². The first kappa shape index (κ1) is 19.8. The van der Waals surface area contributed by atoms with Crippen LogP contribution in [-0.4, -0.2) is 19.1 Å². The lowest BCUT2D eigenvalue weighted by atomic mass is 10.1. The summed E-state index contributed by atoms with van der Waals surface area (Å²) in [5.74, 6) is 0.561. The molecule has 0 saturated carbocycles. The maximum absolute atomic E-state index is 12.3. The summed E-state index contributed by atoms with van der Waals surface area (Å²) in [5, 5.41) is 12.0. The number of carbonyl (C=O) groups is 1. The Bertz CT molecular complexity index is 849. The molecule has 0 spiro atoms. The molecule has 136 valence electrons. The van der Waals surface area contributed by atoms with Crippen LogP contribution in [0.4, 0.5) is 5.69 Å². The Hall–Kier alpha value is -2.52. The van der Waals surface area contributed by atoms with Gasteiger partial charge in [0.05, 0.1) is 22.7 Å². The summed E-state index contributed by atoms with van der Waals surface area (Å²) >= 11 is 3.37. The van der Waals surface area contributed by atoms with E-state index in [-0.39, 0.29) is 12.5 Å². The Morgan fingerprint density at radius 1 is 1.15 bits per heavy atom. The van der Waals surface area contributed by atoms with Crippen molar-refractivity contribution in [3.8, 4) is 17.6 Å². The van der Waals surface area contributed by atoms with Gasteiger partial charge < -0.3 is 14.8 Å². The molecule has 0 radical (unpaired) electrons. The average Bonchev–Trinajstić information content (AvgIpc) is 2.57. The van der Waals surface area contributed by atoms with Gasteiger partial charge in [-0.2, -0.15) is 5.26 Å². The monoisotopic (exact) mass is 416 g/mol. The normalized spacial score (nSPS) is 10.2. The first-order valence-corrected chi connectivity index (χ1v) is 9.02. The van der Waals surface area contributed by atoms with Gasteiger partial charge in [-0.05, 0) is 60.8 Å². The van der Waals surface area contributed by atoms with Gasteiger partial charge in [-0.15, -0.1) is 0 Å². The Morgan fingerprint density at radius 2 is 1.81 bits per heavy atom. The van der Waals surface area contributed by atoms with Crippen molar-refractivity contribution in [2.75, 3.05) is 18.5 Å². The topological polar surface area (TPSA) is 71.3 Å². The highest BCUT2D eigenvalue weighted by Gasteiger charge is 2.15. The second-order valence-corrected chi connectivity index (χ2v) is 6.80. The predicted octanol–water partition coefficient (Wildman–Crippen LogP) is 4.66. The average molecular weight is 417 g/mol. The number of nitriles is 1. The van der Waals surface area contributed by atoms with E-state index in [1.54, 1.807) is 12.1 Å². The molecule has 2 aromatic carbocycles. The predicted molar refractivity (Wildman–Crippen MR) is 105 cm³/mol. The molecule has 0 aliphatic carbocycles. The van der Waals surface area contributed by atoms with Gasteiger partial charge in [0.1, 0.15) is 0 Å². The fourth-order valence-electron chi connectivity index (χ4n) is 2.73. The number of halogens is 1. The van der Waals surface area contributed by atoms with E-state index in [0.29, 0.717) is 28.1 Å². The number of nitrogens with zero attached hydrogens (tertiary/aromatic N) is 1. The van der Waals surface area contributed by atoms with E-state index in [1.807, 2.05) is 39.8 Å². The maximum Gasteiger partial charge on any atom is 0.262 e. The largest absolute Gasteiger partial charge is 0.490 e. The summed E-state index contributed by atoms with van der Waals surface area (Å²) in [7, 11) is 0. The molecule has 0 bridgehead atoms. The van der Waals surface area contributed by atoms with Crippen LogP contribution in [0.25, 0.3) is 0 Å². The highest BCUT2D eigenvalue weighted by molar-refractivity contribution is 9.10. The summed E-state index contributed by atoms with van der Waals surface area (Å²) in [6, 6.07) is 9.33. The van der Waals surface area contributed by atoms with Crippen LogP contribution >= 0.6 is 15.9 Å². The van der Waals surface area contributed by atoms with Gasteiger partial charge in [-0.1, -0.05) is 17.7 Å². The minimum absolute atomic E-state index is 0.169. The molecule has 26 heavy (non-hydrogen) atoms. The number of nitrogens with one attached hydrogen (secondary N) is 1. The molecule has 2 rings (SSSR count). The highest BCUT2D eigenvalue weighted by Crippen LogP contribution is 2.36. The number of rotatable bonds is 6. The molecule has 0 saturated heterocycles. The Kier molecular flexibility index (Phi) is 6.64. The lowest BCUT2D eigenvalue weighted by Gasteiger charge is -2.15. The highest BCUT2D eigenvalue weighted by atomic mass is 79.9. The van der Waals surface area contributed by atoms with E-state index in [0.717, 1.165) is 22.4 Å². The number of hydrogen-bond donors (Lipinski definition) is 1. The number of aryl methyl sites for hydroxylation is 3. The zero-order valence-corrected chi connectivity index (χ0v) is 16.9. The van der Waals surface area contributed by atoms with Crippen LogP contribution < -0.4 is 14.8 Å². The van der Waals surface area contributed by atoms with E-state index in [2.05, 4.69) is 27.3 Å². The minimum Gasteiger partial charge on any atom is -0.490 e. The molecule has 1 N–H and O–H groups in total. The lowest BCUT2D eigenvalue weighted by molar-refractivity contribution is -0.118. The van der Waals surface area contributed by atoms with E-state index in [1.165, 1.54) is 0 Å². The van der Waals surface area contributed by atoms with Gasteiger partial charge in [-0.3, -0.25) is 4.79 Å². The van der Waals surface area contributed by atoms with E-state index in [9.17, 15) is 4.79 Å². The van der Waals surface area contributed by atoms with Crippen molar-refractivity contribution in [3.05, 3.63) is 51.0 Å². The van der Waals surface area contributed by atoms with Crippen LogP contribution in [0.5, 0.6) is 11.5 Å². The molecule has 0 atom stereocenters. The number of benzene rings is 2. The molecule has 0 heterocycles. The third-order valence-electron chi connectivity index (χ3n) is 3.73. The zero-order valence-electron chi connectivity index (χ0n) is 15.3. The second-order valence-electron chi connectivity index (χ2n) is 5.94. The van der Waals surface area contributed by atoms with Crippen molar-refractivity contribution in [3.63, 3.8) is 0 Å². The molecular weight excluding hydrogens is 396 g/mol. The summed E-state index contributed by atoms with van der Waals surface area (Å²) < 4.78 is 11.8. The van der Waals surface area contributed by atoms with Crippen molar-refractivity contribution >= 4 is 27.5 Å². The fraction of sp³-hybridized carbons (Fsp3) is 0.300. The molecule has 6 heteroatoms. The molecular formula is C20H21BrN2O3. The van der Waals surface area contributed by atoms with E-state index < -0.39 is 0 Å². The Labute approximate surface area is 162 Å². The SMILES string of the molecule is CCOc1cc(C#N)cc(Br)c1OCC(=O)Nc1c(C)cc(C)cc1C. The summed E-state index contributed by atoms with van der Waals surface area (Å²) in [5.41, 5.74) is 4.41. The molecule has 0 aromatic heterocycles. The Morgan fingerprint density at radius 3 is 2.38 bits per heavy atom. The second kappa shape index (κ2) is 8.72. The summed E-state index contributed by atoms with van der Waals surface area (Å²) in [4.78, 5) is 12.3. The van der Waals surface area contributed by atoms with Crippen LogP contribution in [0.15, 0.2) is 28.7 Å². The number of amides is 1. The Balaban J connectivity index is 2.14. The van der Waals surface area contributed by atoms with Gasteiger partial charge in [0.25, 0.3) is 5.91 Å². The molecule has 0 unspecified atom stereocenters. The smallest absolute Gasteiger partial charge is 0.262 e. The number of hydrogen-bond acceptors (Lipinski definition) is 4. The first-order chi connectivity index (χ1) is 12.3. The molecule has 2 aromatic rings. The van der Waals surface area contributed by atoms with Crippen LogP contribution in [0.3, 0.4) is 0 Å². The van der Waals surface area contributed by atoms with Crippen molar-refractivity contribution in [1.82, 2.24) is 0 Å². The van der Waals surface area contributed by atoms with Crippen molar-refractivity contribution in [1.29, 1.82) is 5.26 Å². The van der Waals surface area contributed by atoms with Gasteiger partial charge in [0, 0.05) is 11.8 Å². The van der Waals surface area contributed by atoms with Crippen LogP contribution in [0.2, 0.25) is 0 Å². The minimum atomic E-state index is -0.265. The molecule has 0 fully saturated rings. The quantitative estimate of drug-likeness (QED) is 0.742. The fourth-order valence-corrected chi connectivity index (χ4v) is 3.28. The van der Waals surface area contributed by atoms with Gasteiger partial charge in [0.15, 0.2) is 18.1 Å². The maximum atomic E-state index is 12.3. The molecule has 0 aliphatic rings. The summed E-state index contributed by atoms with van der Waals surface area (Å²) in [6.45, 7) is 8.03. The van der Waals surface area contributed by atoms with E-state index in [4.69, 9.17) is 14.7 Å². The van der Waals surface area contributed by atoms with Crippen LogP contribution in [0, 0.1) is 32.1 Å². The third-order valence-corrected chi connectivity index (χ3v) is 4.32. The van der Waals surface area contributed by atoms with E-state index >= 15 is 0 Å². The molecule has 0 aliphatic heterocycles. The number of anilines is 1. The first-order valence-electron chi connectivity index (χ1n) is 8.22. The van der Waals surface area contributed by atoms with Crippen LogP contribution in [-0.2, 0) is 4.79 Å². The standard InChI is InChI=1S/C20H21BrN2O3/c1-5-25-17-9-15(10-22)8-16(21)20(17)26-11-18(24)23-19-13(3)6-12(2)7-14(19)4/h6-9H,5,11H2,1-4H3,(H,23,24). The lowest BCUT2D eigenvalue weighted by Crippen LogP contribution is -2.21. The molecule has 5 nitrogen and oxygen atoms in total. The van der Waals surface area contributed by atoms with Gasteiger partial charge >= 0.3 is 0 Å². The van der Waals surface area contributed by atoms with Gasteiger partial charge in [-0.25, -0.2) is 0 Å². The van der Waals surface area contributed by atoms with Gasteiger partial charge in [0.2, 0.25) is 0 Å². The van der Waals surface area contributed by atoms with Crippen molar-refractivity contribution in [2.24, 2.45) is 0 Å². The number of carbonyl (C=O) groups excluding carboxylic acids is 1. The van der Waals surface area contributed by atoms with Crippen molar-refractivity contribution < 1.29 is 14.3 Å². The number of ether oxygens (including phenoxy) is 2. The third kappa shape index (κ3) is 4.77. The molecule has 1 amide bonds. The zero-order chi connectivity index (χ0) is 19.3. The van der Waals surface area contributed by atoms with Crippen LogP contribution in [0.1, 0.15) is 29.2 Å². The summed E-state index contributed by atoms with van der Waals surface area (Å²) in [6.07, 6.45) is 0.